The second-order valence-corrected chi connectivity index (χ2v) is 5.77. The molecule has 0 saturated heterocycles. The molecule has 2 heterocycles. The normalized spacial score (nSPS) is 16.4. The average Bonchev–Trinajstić information content (AvgIpc) is 2.59. The number of fused-ring (bicyclic) bond motifs is 1. The summed E-state index contributed by atoms with van der Waals surface area (Å²) in [6.07, 6.45) is 0.291. The first-order chi connectivity index (χ1) is 11.5. The van der Waals surface area contributed by atoms with Crippen LogP contribution in [0.15, 0.2) is 36.4 Å². The van der Waals surface area contributed by atoms with E-state index in [0.29, 0.717) is 6.42 Å². The zero-order chi connectivity index (χ0) is 17.3. The van der Waals surface area contributed by atoms with Gasteiger partial charge in [-0.1, -0.05) is 24.3 Å². The lowest BCUT2D eigenvalue weighted by Gasteiger charge is -2.34. The quantitative estimate of drug-likeness (QED) is 0.934. The second-order valence-electron chi connectivity index (χ2n) is 5.77. The number of carboxylic acids is 1. The first kappa shape index (κ1) is 16.0. The number of nitrogens with zero attached hydrogens (tertiary/aromatic N) is 2. The summed E-state index contributed by atoms with van der Waals surface area (Å²) in [6, 6.07) is 10.0. The number of ether oxygens (including phenoxy) is 1. The molecule has 0 spiro atoms. The van der Waals surface area contributed by atoms with Crippen molar-refractivity contribution in [3.63, 3.8) is 0 Å². The van der Waals surface area contributed by atoms with Crippen LogP contribution in [0.2, 0.25) is 0 Å². The molecule has 0 radical (unpaired) electrons. The number of carbonyl (C=O) groups excluding carboxylic acids is 1. The van der Waals surface area contributed by atoms with E-state index in [1.807, 2.05) is 24.3 Å². The number of carboxylic acid groups (broad SMARTS) is 1. The summed E-state index contributed by atoms with van der Waals surface area (Å²) in [5.74, 6) is -1.19. The van der Waals surface area contributed by atoms with E-state index < -0.39 is 12.0 Å². The number of pyridine rings is 1. The van der Waals surface area contributed by atoms with Crippen LogP contribution in [-0.4, -0.2) is 40.0 Å². The van der Waals surface area contributed by atoms with Crippen LogP contribution < -0.4 is 4.74 Å². The summed E-state index contributed by atoms with van der Waals surface area (Å²) in [4.78, 5) is 30.2. The monoisotopic (exact) mass is 326 g/mol. The Morgan fingerprint density at radius 2 is 1.92 bits per heavy atom. The van der Waals surface area contributed by atoms with E-state index in [2.05, 4.69) is 4.98 Å². The lowest BCUT2D eigenvalue weighted by molar-refractivity contribution is -0.142. The van der Waals surface area contributed by atoms with Crippen molar-refractivity contribution in [3.8, 4) is 5.88 Å². The number of hydrogen-bond donors (Lipinski definition) is 1. The number of aliphatic carboxylic acids is 1. The third-order valence-electron chi connectivity index (χ3n) is 4.22. The maximum absolute atomic E-state index is 13.0. The molecule has 3 rings (SSSR count). The Labute approximate surface area is 139 Å². The Morgan fingerprint density at radius 3 is 2.58 bits per heavy atom. The van der Waals surface area contributed by atoms with Crippen molar-refractivity contribution in [1.82, 2.24) is 9.88 Å². The topological polar surface area (TPSA) is 79.7 Å². The number of aromatic nitrogens is 1. The molecule has 1 aromatic heterocycles. The zero-order valence-electron chi connectivity index (χ0n) is 13.5. The van der Waals surface area contributed by atoms with Crippen LogP contribution in [0.3, 0.4) is 0 Å². The van der Waals surface area contributed by atoms with Crippen molar-refractivity contribution in [2.45, 2.75) is 25.9 Å². The summed E-state index contributed by atoms with van der Waals surface area (Å²) in [5, 5.41) is 9.56. The van der Waals surface area contributed by atoms with Crippen LogP contribution in [0, 0.1) is 6.92 Å². The van der Waals surface area contributed by atoms with Gasteiger partial charge in [0.2, 0.25) is 5.88 Å². The predicted octanol–water partition coefficient (Wildman–Crippen LogP) is 2.05. The molecule has 124 valence electrons. The molecular weight excluding hydrogens is 308 g/mol. The maximum Gasteiger partial charge on any atom is 0.326 e. The number of benzene rings is 1. The van der Waals surface area contributed by atoms with E-state index in [9.17, 15) is 14.7 Å². The molecule has 1 amide bonds. The highest BCUT2D eigenvalue weighted by Crippen LogP contribution is 2.27. The van der Waals surface area contributed by atoms with Gasteiger partial charge < -0.3 is 14.7 Å². The lowest BCUT2D eigenvalue weighted by Crippen LogP contribution is -2.48. The Morgan fingerprint density at radius 1 is 1.21 bits per heavy atom. The highest BCUT2D eigenvalue weighted by molar-refractivity contribution is 5.98. The van der Waals surface area contributed by atoms with E-state index in [4.69, 9.17) is 4.74 Å². The predicted molar refractivity (Wildman–Crippen MR) is 87.0 cm³/mol. The number of methoxy groups -OCH3 is 1. The first-order valence-electron chi connectivity index (χ1n) is 7.63. The average molecular weight is 326 g/mol. The highest BCUT2D eigenvalue weighted by atomic mass is 16.5. The fourth-order valence-corrected chi connectivity index (χ4v) is 2.96. The molecule has 24 heavy (non-hydrogen) atoms. The fraction of sp³-hybridized carbons (Fsp3) is 0.278. The second kappa shape index (κ2) is 6.31. The third-order valence-corrected chi connectivity index (χ3v) is 4.22. The van der Waals surface area contributed by atoms with Gasteiger partial charge in [-0.3, -0.25) is 4.79 Å². The highest BCUT2D eigenvalue weighted by Gasteiger charge is 2.36. The van der Waals surface area contributed by atoms with Crippen LogP contribution in [0.4, 0.5) is 0 Å². The Bertz CT molecular complexity index is 803. The smallest absolute Gasteiger partial charge is 0.326 e. The molecule has 1 aromatic carbocycles. The molecule has 6 nitrogen and oxygen atoms in total. The summed E-state index contributed by atoms with van der Waals surface area (Å²) in [7, 11) is 1.44. The van der Waals surface area contributed by atoms with Crippen LogP contribution in [-0.2, 0) is 17.8 Å². The maximum atomic E-state index is 13.0. The van der Waals surface area contributed by atoms with Crippen LogP contribution in [0.1, 0.15) is 27.2 Å². The Kier molecular flexibility index (Phi) is 4.20. The van der Waals surface area contributed by atoms with E-state index in [-0.39, 0.29) is 23.9 Å². The van der Waals surface area contributed by atoms with Crippen molar-refractivity contribution in [2.75, 3.05) is 7.11 Å². The molecular formula is C18H18N2O4. The fourth-order valence-electron chi connectivity index (χ4n) is 2.96. The number of amides is 1. The molecule has 1 N–H and O–H groups in total. The van der Waals surface area contributed by atoms with Crippen molar-refractivity contribution < 1.29 is 19.4 Å². The summed E-state index contributed by atoms with van der Waals surface area (Å²) in [6.45, 7) is 2.05. The van der Waals surface area contributed by atoms with Gasteiger partial charge in [-0.05, 0) is 30.2 Å². The van der Waals surface area contributed by atoms with Crippen molar-refractivity contribution in [3.05, 3.63) is 58.8 Å². The van der Waals surface area contributed by atoms with Crippen molar-refractivity contribution in [1.29, 1.82) is 0 Å². The molecule has 0 bridgehead atoms. The SMILES string of the molecule is COc1nc(C)ccc1C(=O)N1Cc2ccccc2CC1C(=O)O. The van der Waals surface area contributed by atoms with E-state index in [0.717, 1.165) is 16.8 Å². The van der Waals surface area contributed by atoms with Gasteiger partial charge in [-0.15, -0.1) is 0 Å². The van der Waals surface area contributed by atoms with Gasteiger partial charge in [-0.2, -0.15) is 0 Å². The number of aryl methyl sites for hydroxylation is 1. The van der Waals surface area contributed by atoms with Crippen LogP contribution >= 0.6 is 0 Å². The molecule has 2 aromatic rings. The standard InChI is InChI=1S/C18H18N2O4/c1-11-7-8-14(16(19-11)24-2)17(21)20-10-13-6-4-3-5-12(13)9-15(20)18(22)23/h3-8,15H,9-10H2,1-2H3,(H,22,23). The molecule has 0 aliphatic carbocycles. The molecule has 6 heteroatoms. The first-order valence-corrected chi connectivity index (χ1v) is 7.63. The lowest BCUT2D eigenvalue weighted by atomic mass is 9.93. The van der Waals surface area contributed by atoms with Gasteiger partial charge in [0.05, 0.1) is 7.11 Å². The van der Waals surface area contributed by atoms with Gasteiger partial charge in [0.25, 0.3) is 5.91 Å². The number of hydrogen-bond acceptors (Lipinski definition) is 4. The van der Waals surface area contributed by atoms with Gasteiger partial charge in [0, 0.05) is 18.7 Å². The number of carbonyl (C=O) groups is 2. The minimum Gasteiger partial charge on any atom is -0.480 e. The summed E-state index contributed by atoms with van der Waals surface area (Å²) in [5.41, 5.74) is 2.92. The third kappa shape index (κ3) is 2.82. The molecule has 1 unspecified atom stereocenters. The zero-order valence-corrected chi connectivity index (χ0v) is 13.5. The number of rotatable bonds is 3. The van der Waals surface area contributed by atoms with Crippen molar-refractivity contribution in [2.24, 2.45) is 0 Å². The van der Waals surface area contributed by atoms with E-state index in [1.54, 1.807) is 19.1 Å². The Hall–Kier alpha value is -2.89. The minimum atomic E-state index is -1.02. The Balaban J connectivity index is 2.00. The largest absolute Gasteiger partial charge is 0.480 e. The van der Waals surface area contributed by atoms with Crippen LogP contribution in [0.25, 0.3) is 0 Å². The van der Waals surface area contributed by atoms with E-state index >= 15 is 0 Å². The molecule has 1 atom stereocenters. The minimum absolute atomic E-state index is 0.211. The van der Waals surface area contributed by atoms with Gasteiger partial charge in [-0.25, -0.2) is 9.78 Å². The van der Waals surface area contributed by atoms with Gasteiger partial charge >= 0.3 is 5.97 Å². The van der Waals surface area contributed by atoms with Gasteiger partial charge in [0.1, 0.15) is 11.6 Å². The van der Waals surface area contributed by atoms with Gasteiger partial charge in [0.15, 0.2) is 0 Å². The van der Waals surface area contributed by atoms with Crippen molar-refractivity contribution >= 4 is 11.9 Å². The summed E-state index contributed by atoms with van der Waals surface area (Å²) < 4.78 is 5.20. The molecule has 1 aliphatic heterocycles. The molecule has 0 fully saturated rings. The molecule has 1 aliphatic rings. The molecule has 0 saturated carbocycles. The van der Waals surface area contributed by atoms with Crippen LogP contribution in [0.5, 0.6) is 5.88 Å². The summed E-state index contributed by atoms with van der Waals surface area (Å²) >= 11 is 0. The van der Waals surface area contributed by atoms with E-state index in [1.165, 1.54) is 12.0 Å².